The first kappa shape index (κ1) is 13.4. The number of carbonyl (C=O) groups is 1. The van der Waals surface area contributed by atoms with Gasteiger partial charge in [0.1, 0.15) is 0 Å². The molecule has 0 unspecified atom stereocenters. The van der Waals surface area contributed by atoms with Gasteiger partial charge in [-0.2, -0.15) is 0 Å². The van der Waals surface area contributed by atoms with Gasteiger partial charge < -0.3 is 15.2 Å². The number of aromatic nitrogens is 1. The van der Waals surface area contributed by atoms with Crippen molar-refractivity contribution in [2.24, 2.45) is 0 Å². The van der Waals surface area contributed by atoms with E-state index in [4.69, 9.17) is 9.84 Å². The Morgan fingerprint density at radius 3 is 3.00 bits per heavy atom. The third-order valence-electron chi connectivity index (χ3n) is 2.39. The monoisotopic (exact) mass is 238 g/mol. The molecule has 0 bridgehead atoms. The molecule has 2 N–H and O–H groups in total. The van der Waals surface area contributed by atoms with Crippen LogP contribution in [0.15, 0.2) is 18.5 Å². The first-order chi connectivity index (χ1) is 8.25. The summed E-state index contributed by atoms with van der Waals surface area (Å²) in [7, 11) is 1.69. The highest BCUT2D eigenvalue weighted by Crippen LogP contribution is 2.13. The van der Waals surface area contributed by atoms with Crippen molar-refractivity contribution in [3.8, 4) is 0 Å². The van der Waals surface area contributed by atoms with Crippen molar-refractivity contribution < 1.29 is 14.6 Å². The number of anilines is 1. The Labute approximate surface area is 101 Å². The molecule has 0 fully saturated rings. The number of methoxy groups -OCH3 is 1. The number of rotatable bonds is 8. The van der Waals surface area contributed by atoms with Crippen LogP contribution in [0.2, 0.25) is 0 Å². The number of aromatic carboxylic acids is 1. The van der Waals surface area contributed by atoms with E-state index in [1.54, 1.807) is 13.3 Å². The molecule has 0 saturated heterocycles. The number of carboxylic acids is 1. The van der Waals surface area contributed by atoms with Gasteiger partial charge in [-0.3, -0.25) is 4.98 Å². The smallest absolute Gasteiger partial charge is 0.337 e. The molecule has 1 heterocycles. The second kappa shape index (κ2) is 7.62. The highest BCUT2D eigenvalue weighted by atomic mass is 16.5. The summed E-state index contributed by atoms with van der Waals surface area (Å²) in [6.07, 6.45) is 6.09. The second-order valence-corrected chi connectivity index (χ2v) is 3.71. The Balaban J connectivity index is 2.34. The molecule has 0 aliphatic rings. The number of carboxylic acid groups (broad SMARTS) is 1. The highest BCUT2D eigenvalue weighted by Gasteiger charge is 2.08. The Kier molecular flexibility index (Phi) is 6.03. The van der Waals surface area contributed by atoms with Crippen molar-refractivity contribution in [1.82, 2.24) is 4.98 Å². The van der Waals surface area contributed by atoms with Crippen LogP contribution in [0.25, 0.3) is 0 Å². The lowest BCUT2D eigenvalue weighted by Crippen LogP contribution is -2.08. The quantitative estimate of drug-likeness (QED) is 0.678. The van der Waals surface area contributed by atoms with Crippen LogP contribution in [-0.2, 0) is 4.74 Å². The summed E-state index contributed by atoms with van der Waals surface area (Å²) in [6, 6.07) is 1.50. The molecular formula is C12H18N2O3. The van der Waals surface area contributed by atoms with E-state index in [1.165, 1.54) is 12.3 Å². The summed E-state index contributed by atoms with van der Waals surface area (Å²) in [5.74, 6) is -0.936. The minimum atomic E-state index is -0.936. The number of nitrogens with zero attached hydrogens (tertiary/aromatic N) is 1. The van der Waals surface area contributed by atoms with Crippen molar-refractivity contribution in [1.29, 1.82) is 0 Å². The topological polar surface area (TPSA) is 71.5 Å². The lowest BCUT2D eigenvalue weighted by Gasteiger charge is -2.08. The van der Waals surface area contributed by atoms with Crippen LogP contribution in [0, 0.1) is 0 Å². The molecule has 0 amide bonds. The predicted octanol–water partition coefficient (Wildman–Crippen LogP) is 2.01. The summed E-state index contributed by atoms with van der Waals surface area (Å²) < 4.78 is 4.95. The SMILES string of the molecule is COCCCCCNc1cnccc1C(=O)O. The van der Waals surface area contributed by atoms with Crippen molar-refractivity contribution in [3.05, 3.63) is 24.0 Å². The van der Waals surface area contributed by atoms with Crippen LogP contribution in [0.5, 0.6) is 0 Å². The van der Waals surface area contributed by atoms with Gasteiger partial charge in [0.15, 0.2) is 0 Å². The van der Waals surface area contributed by atoms with E-state index in [2.05, 4.69) is 10.3 Å². The van der Waals surface area contributed by atoms with E-state index in [-0.39, 0.29) is 5.56 Å². The molecular weight excluding hydrogens is 220 g/mol. The summed E-state index contributed by atoms with van der Waals surface area (Å²) >= 11 is 0. The zero-order chi connectivity index (χ0) is 12.5. The molecule has 1 aromatic heterocycles. The molecule has 0 aliphatic heterocycles. The van der Waals surface area contributed by atoms with Gasteiger partial charge in [-0.05, 0) is 25.3 Å². The molecule has 0 aliphatic carbocycles. The fourth-order valence-corrected chi connectivity index (χ4v) is 1.49. The summed E-state index contributed by atoms with van der Waals surface area (Å²) in [4.78, 5) is 14.8. The molecule has 17 heavy (non-hydrogen) atoms. The summed E-state index contributed by atoms with van der Waals surface area (Å²) in [6.45, 7) is 1.52. The van der Waals surface area contributed by atoms with E-state index in [1.807, 2.05) is 0 Å². The number of ether oxygens (including phenoxy) is 1. The first-order valence-electron chi connectivity index (χ1n) is 5.66. The molecule has 94 valence electrons. The number of nitrogens with one attached hydrogen (secondary N) is 1. The average Bonchev–Trinajstić information content (AvgIpc) is 2.34. The van der Waals surface area contributed by atoms with Gasteiger partial charge >= 0.3 is 5.97 Å². The Bertz CT molecular complexity index is 355. The maximum atomic E-state index is 10.9. The van der Waals surface area contributed by atoms with Crippen LogP contribution >= 0.6 is 0 Å². The van der Waals surface area contributed by atoms with Crippen LogP contribution < -0.4 is 5.32 Å². The molecule has 1 aromatic rings. The van der Waals surface area contributed by atoms with Crippen LogP contribution in [0.4, 0.5) is 5.69 Å². The van der Waals surface area contributed by atoms with E-state index < -0.39 is 5.97 Å². The van der Waals surface area contributed by atoms with Gasteiger partial charge in [0.05, 0.1) is 17.4 Å². The molecule has 0 saturated carbocycles. The Hall–Kier alpha value is -1.62. The van der Waals surface area contributed by atoms with Crippen molar-refractivity contribution in [2.75, 3.05) is 25.6 Å². The van der Waals surface area contributed by atoms with Gasteiger partial charge in [0.25, 0.3) is 0 Å². The van der Waals surface area contributed by atoms with E-state index in [0.717, 1.165) is 32.4 Å². The van der Waals surface area contributed by atoms with E-state index in [0.29, 0.717) is 5.69 Å². The van der Waals surface area contributed by atoms with Gasteiger partial charge in [-0.15, -0.1) is 0 Å². The third-order valence-corrected chi connectivity index (χ3v) is 2.39. The Morgan fingerprint density at radius 1 is 1.47 bits per heavy atom. The molecule has 0 spiro atoms. The van der Waals surface area contributed by atoms with Crippen LogP contribution in [0.1, 0.15) is 29.6 Å². The van der Waals surface area contributed by atoms with Gasteiger partial charge in [0, 0.05) is 26.5 Å². The van der Waals surface area contributed by atoms with Gasteiger partial charge in [-0.1, -0.05) is 0 Å². The lowest BCUT2D eigenvalue weighted by molar-refractivity contribution is 0.0698. The molecule has 1 rings (SSSR count). The molecule has 0 aromatic carbocycles. The lowest BCUT2D eigenvalue weighted by atomic mass is 10.2. The maximum absolute atomic E-state index is 10.9. The van der Waals surface area contributed by atoms with E-state index in [9.17, 15) is 4.79 Å². The van der Waals surface area contributed by atoms with E-state index >= 15 is 0 Å². The zero-order valence-corrected chi connectivity index (χ0v) is 9.98. The highest BCUT2D eigenvalue weighted by molar-refractivity contribution is 5.93. The van der Waals surface area contributed by atoms with Crippen LogP contribution in [-0.4, -0.2) is 36.3 Å². The number of hydrogen-bond donors (Lipinski definition) is 2. The average molecular weight is 238 g/mol. The molecule has 5 nitrogen and oxygen atoms in total. The van der Waals surface area contributed by atoms with Crippen molar-refractivity contribution in [3.63, 3.8) is 0 Å². The normalized spacial score (nSPS) is 10.2. The number of hydrogen-bond acceptors (Lipinski definition) is 4. The molecule has 5 heteroatoms. The van der Waals surface area contributed by atoms with Crippen molar-refractivity contribution >= 4 is 11.7 Å². The maximum Gasteiger partial charge on any atom is 0.337 e. The first-order valence-corrected chi connectivity index (χ1v) is 5.66. The second-order valence-electron chi connectivity index (χ2n) is 3.71. The molecule has 0 radical (unpaired) electrons. The standard InChI is InChI=1S/C12H18N2O3/c1-17-8-4-2-3-6-14-11-9-13-7-5-10(11)12(15)16/h5,7,9,14H,2-4,6,8H2,1H3,(H,15,16). The predicted molar refractivity (Wildman–Crippen MR) is 65.4 cm³/mol. The minimum Gasteiger partial charge on any atom is -0.478 e. The summed E-state index contributed by atoms with van der Waals surface area (Å²) in [5, 5.41) is 12.0. The number of unbranched alkanes of at least 4 members (excludes halogenated alkanes) is 2. The van der Waals surface area contributed by atoms with Crippen LogP contribution in [0.3, 0.4) is 0 Å². The van der Waals surface area contributed by atoms with Crippen molar-refractivity contribution in [2.45, 2.75) is 19.3 Å². The van der Waals surface area contributed by atoms with Gasteiger partial charge in [-0.25, -0.2) is 4.79 Å². The largest absolute Gasteiger partial charge is 0.478 e. The molecule has 0 atom stereocenters. The fourth-order valence-electron chi connectivity index (χ4n) is 1.49. The minimum absolute atomic E-state index is 0.261. The third kappa shape index (κ3) is 4.82. The fraction of sp³-hybridized carbons (Fsp3) is 0.500. The number of pyridine rings is 1. The van der Waals surface area contributed by atoms with Gasteiger partial charge in [0.2, 0.25) is 0 Å². The Morgan fingerprint density at radius 2 is 2.29 bits per heavy atom. The summed E-state index contributed by atoms with van der Waals surface area (Å²) in [5.41, 5.74) is 0.837. The zero-order valence-electron chi connectivity index (χ0n) is 9.98.